The molecule has 1 unspecified atom stereocenters. The number of ether oxygens (including phenoxy) is 1. The Morgan fingerprint density at radius 3 is 2.61 bits per heavy atom. The molecular formula is C24H23N3O4S2. The highest BCUT2D eigenvalue weighted by molar-refractivity contribution is 7.98. The number of carbonyl (C=O) groups is 3. The van der Waals surface area contributed by atoms with Crippen LogP contribution in [0.4, 0.5) is 10.8 Å². The zero-order valence-corrected chi connectivity index (χ0v) is 19.8. The maximum Gasteiger partial charge on any atom is 0.260 e. The van der Waals surface area contributed by atoms with Crippen LogP contribution in [-0.2, 0) is 14.3 Å². The lowest BCUT2D eigenvalue weighted by atomic mass is 10.1. The molecule has 2 saturated heterocycles. The van der Waals surface area contributed by atoms with Crippen molar-refractivity contribution in [3.63, 3.8) is 0 Å². The van der Waals surface area contributed by atoms with Crippen LogP contribution in [0.15, 0.2) is 47.4 Å². The summed E-state index contributed by atoms with van der Waals surface area (Å²) in [4.78, 5) is 46.5. The van der Waals surface area contributed by atoms with Gasteiger partial charge in [0, 0.05) is 29.9 Å². The number of aromatic nitrogens is 1. The summed E-state index contributed by atoms with van der Waals surface area (Å²) >= 11 is 3.12. The smallest absolute Gasteiger partial charge is 0.260 e. The van der Waals surface area contributed by atoms with Crippen molar-refractivity contribution in [3.05, 3.63) is 48.0 Å². The summed E-state index contributed by atoms with van der Waals surface area (Å²) in [6.07, 6.45) is 4.33. The van der Waals surface area contributed by atoms with E-state index in [1.165, 1.54) is 16.2 Å². The van der Waals surface area contributed by atoms with Crippen LogP contribution in [-0.4, -0.2) is 48.2 Å². The molecule has 2 fully saturated rings. The number of rotatable bonds is 6. The fourth-order valence-corrected chi connectivity index (χ4v) is 5.83. The number of anilines is 2. The lowest BCUT2D eigenvalue weighted by Gasteiger charge is -2.23. The standard InChI is InChI=1S/C24H23N3O4S2/c1-32-18-5-2-6-19-22(18)25-24(33-19)26(14-17-4-3-13-31-17)23(30)15-7-9-16(10-8-15)27-20(28)11-12-21(27)29/h2,5-10,17H,3-4,11-14H2,1H3. The molecule has 0 spiro atoms. The highest BCUT2D eigenvalue weighted by Gasteiger charge is 2.31. The second-order valence-corrected chi connectivity index (χ2v) is 9.88. The molecule has 3 heterocycles. The van der Waals surface area contributed by atoms with Crippen LogP contribution in [0, 0.1) is 0 Å². The van der Waals surface area contributed by atoms with Gasteiger partial charge in [-0.2, -0.15) is 0 Å². The summed E-state index contributed by atoms with van der Waals surface area (Å²) in [6.45, 7) is 1.13. The number of para-hydroxylation sites is 1. The fraction of sp³-hybridized carbons (Fsp3) is 0.333. The van der Waals surface area contributed by atoms with Crippen LogP contribution in [0.25, 0.3) is 10.2 Å². The van der Waals surface area contributed by atoms with Gasteiger partial charge in [-0.25, -0.2) is 4.98 Å². The Hall–Kier alpha value is -2.75. The molecule has 2 aliphatic rings. The van der Waals surface area contributed by atoms with E-state index in [1.807, 2.05) is 24.5 Å². The van der Waals surface area contributed by atoms with E-state index < -0.39 is 0 Å². The summed E-state index contributed by atoms with van der Waals surface area (Å²) in [6, 6.07) is 12.7. The quantitative estimate of drug-likeness (QED) is 0.381. The number of nitrogens with zero attached hydrogens (tertiary/aromatic N) is 3. The van der Waals surface area contributed by atoms with E-state index in [0.29, 0.717) is 29.5 Å². The zero-order valence-electron chi connectivity index (χ0n) is 18.2. The third kappa shape index (κ3) is 4.28. The van der Waals surface area contributed by atoms with Gasteiger partial charge in [0.15, 0.2) is 5.13 Å². The van der Waals surface area contributed by atoms with Gasteiger partial charge in [0.1, 0.15) is 0 Å². The van der Waals surface area contributed by atoms with Crippen molar-refractivity contribution in [2.75, 3.05) is 29.2 Å². The van der Waals surface area contributed by atoms with Gasteiger partial charge in [-0.1, -0.05) is 17.4 Å². The van der Waals surface area contributed by atoms with Gasteiger partial charge in [-0.3, -0.25) is 24.2 Å². The second-order valence-electron chi connectivity index (χ2n) is 8.02. The highest BCUT2D eigenvalue weighted by Crippen LogP contribution is 2.35. The van der Waals surface area contributed by atoms with Crippen LogP contribution in [0.2, 0.25) is 0 Å². The average Bonchev–Trinajstić information content (AvgIpc) is 3.57. The van der Waals surface area contributed by atoms with E-state index in [2.05, 4.69) is 0 Å². The first kappa shape index (κ1) is 22.1. The van der Waals surface area contributed by atoms with E-state index in [4.69, 9.17) is 9.72 Å². The Morgan fingerprint density at radius 1 is 1.18 bits per heavy atom. The van der Waals surface area contributed by atoms with Gasteiger partial charge in [-0.05, 0) is 55.5 Å². The maximum absolute atomic E-state index is 13.6. The minimum absolute atomic E-state index is 0.0277. The number of amides is 3. The Bertz CT molecular complexity index is 1200. The molecule has 1 atom stereocenters. The first-order valence-corrected chi connectivity index (χ1v) is 12.9. The summed E-state index contributed by atoms with van der Waals surface area (Å²) < 4.78 is 6.85. The molecule has 0 radical (unpaired) electrons. The fourth-order valence-electron chi connectivity index (χ4n) is 4.21. The van der Waals surface area contributed by atoms with E-state index in [0.717, 1.165) is 28.0 Å². The molecular weight excluding hydrogens is 458 g/mol. The van der Waals surface area contributed by atoms with Crippen molar-refractivity contribution < 1.29 is 19.1 Å². The largest absolute Gasteiger partial charge is 0.376 e. The number of fused-ring (bicyclic) bond motifs is 1. The first-order chi connectivity index (χ1) is 16.0. The molecule has 33 heavy (non-hydrogen) atoms. The maximum atomic E-state index is 13.6. The van der Waals surface area contributed by atoms with E-state index >= 15 is 0 Å². The van der Waals surface area contributed by atoms with Crippen LogP contribution in [0.1, 0.15) is 36.0 Å². The molecule has 170 valence electrons. The summed E-state index contributed by atoms with van der Waals surface area (Å²) in [5.41, 5.74) is 1.87. The monoisotopic (exact) mass is 481 g/mol. The van der Waals surface area contributed by atoms with Crippen molar-refractivity contribution in [2.45, 2.75) is 36.7 Å². The minimum Gasteiger partial charge on any atom is -0.376 e. The first-order valence-electron chi connectivity index (χ1n) is 10.9. The third-order valence-corrected chi connectivity index (χ3v) is 7.71. The third-order valence-electron chi connectivity index (χ3n) is 5.90. The zero-order chi connectivity index (χ0) is 22.9. The molecule has 7 nitrogen and oxygen atoms in total. The van der Waals surface area contributed by atoms with Crippen LogP contribution < -0.4 is 9.80 Å². The number of hydrogen-bond donors (Lipinski definition) is 0. The van der Waals surface area contributed by atoms with Gasteiger partial charge in [0.05, 0.1) is 28.6 Å². The second kappa shape index (κ2) is 9.24. The molecule has 2 aliphatic heterocycles. The average molecular weight is 482 g/mol. The Morgan fingerprint density at radius 2 is 1.94 bits per heavy atom. The summed E-state index contributed by atoms with van der Waals surface area (Å²) in [7, 11) is 0. The SMILES string of the molecule is CSc1cccc2sc(N(CC3CCCO3)C(=O)c3ccc(N4C(=O)CCC4=O)cc3)nc12. The number of carbonyl (C=O) groups excluding carboxylic acids is 3. The number of imide groups is 1. The van der Waals surface area contributed by atoms with Crippen molar-refractivity contribution in [2.24, 2.45) is 0 Å². The number of hydrogen-bond acceptors (Lipinski definition) is 7. The molecule has 1 aromatic heterocycles. The molecule has 3 aromatic rings. The number of benzene rings is 2. The molecule has 0 saturated carbocycles. The lowest BCUT2D eigenvalue weighted by molar-refractivity contribution is -0.121. The molecule has 0 bridgehead atoms. The van der Waals surface area contributed by atoms with E-state index in [-0.39, 0.29) is 36.7 Å². The van der Waals surface area contributed by atoms with E-state index in [9.17, 15) is 14.4 Å². The Labute approximate surface area is 199 Å². The minimum atomic E-state index is -0.210. The summed E-state index contributed by atoms with van der Waals surface area (Å²) in [5, 5.41) is 0.640. The van der Waals surface area contributed by atoms with Crippen molar-refractivity contribution in [3.8, 4) is 0 Å². The van der Waals surface area contributed by atoms with Gasteiger partial charge >= 0.3 is 0 Å². The highest BCUT2D eigenvalue weighted by atomic mass is 32.2. The molecule has 9 heteroatoms. The number of thiazole rings is 1. The molecule has 0 N–H and O–H groups in total. The number of thioether (sulfide) groups is 1. The van der Waals surface area contributed by atoms with Gasteiger partial charge in [-0.15, -0.1) is 11.8 Å². The van der Waals surface area contributed by atoms with Crippen molar-refractivity contribution >= 4 is 61.9 Å². The predicted molar refractivity (Wildman–Crippen MR) is 130 cm³/mol. The topological polar surface area (TPSA) is 79.8 Å². The van der Waals surface area contributed by atoms with Gasteiger partial charge in [0.2, 0.25) is 11.8 Å². The lowest BCUT2D eigenvalue weighted by Crippen LogP contribution is -2.37. The predicted octanol–water partition coefficient (Wildman–Crippen LogP) is 4.50. The van der Waals surface area contributed by atoms with Crippen LogP contribution >= 0.6 is 23.1 Å². The normalized spacial score (nSPS) is 18.5. The summed E-state index contributed by atoms with van der Waals surface area (Å²) in [5.74, 6) is -0.600. The van der Waals surface area contributed by atoms with Crippen molar-refractivity contribution in [1.82, 2.24) is 4.98 Å². The molecule has 2 aromatic carbocycles. The van der Waals surface area contributed by atoms with Crippen LogP contribution in [0.5, 0.6) is 0 Å². The van der Waals surface area contributed by atoms with E-state index in [1.54, 1.807) is 40.9 Å². The Kier molecular flexibility index (Phi) is 6.18. The van der Waals surface area contributed by atoms with Gasteiger partial charge in [0.25, 0.3) is 5.91 Å². The van der Waals surface area contributed by atoms with Gasteiger partial charge < -0.3 is 4.74 Å². The molecule has 5 rings (SSSR count). The van der Waals surface area contributed by atoms with Crippen molar-refractivity contribution in [1.29, 1.82) is 0 Å². The molecule has 0 aliphatic carbocycles. The van der Waals surface area contributed by atoms with Crippen LogP contribution in [0.3, 0.4) is 0 Å². The Balaban J connectivity index is 1.47. The molecule has 3 amide bonds.